The molecule has 0 radical (unpaired) electrons. The molecule has 53 heavy (non-hydrogen) atoms. The Morgan fingerprint density at radius 3 is 2.13 bits per heavy atom. The van der Waals surface area contributed by atoms with Gasteiger partial charge in [0.2, 0.25) is 0 Å². The van der Waals surface area contributed by atoms with E-state index in [1.54, 1.807) is 48.5 Å². The third kappa shape index (κ3) is 7.58. The van der Waals surface area contributed by atoms with Crippen LogP contribution in [0.5, 0.6) is 11.5 Å². The number of halogens is 2. The van der Waals surface area contributed by atoms with Gasteiger partial charge in [-0.25, -0.2) is 12.6 Å². The summed E-state index contributed by atoms with van der Waals surface area (Å²) in [5, 5.41) is 30.6. The second-order valence-electron chi connectivity index (χ2n) is 13.0. The van der Waals surface area contributed by atoms with Crippen LogP contribution in [-0.2, 0) is 34.8 Å². The van der Waals surface area contributed by atoms with Gasteiger partial charge in [-0.15, -0.1) is 0 Å². The maximum atomic E-state index is 12.8. The summed E-state index contributed by atoms with van der Waals surface area (Å²) in [6.45, 7) is 1.96. The molecule has 4 aromatic carbocycles. The number of aromatic hydroxyl groups is 2. The van der Waals surface area contributed by atoms with Crippen LogP contribution < -0.4 is 0 Å². The molecule has 3 N–H and O–H groups in total. The van der Waals surface area contributed by atoms with Gasteiger partial charge in [-0.1, -0.05) is 90.8 Å². The molecule has 0 amide bonds. The molecule has 0 saturated heterocycles. The van der Waals surface area contributed by atoms with E-state index in [2.05, 4.69) is 0 Å². The van der Waals surface area contributed by atoms with E-state index in [4.69, 9.17) is 27.4 Å². The molecule has 276 valence electrons. The Hall–Kier alpha value is -4.27. The molecule has 2 aliphatic carbocycles. The summed E-state index contributed by atoms with van der Waals surface area (Å²) in [6, 6.07) is 21.7. The Labute approximate surface area is 317 Å². The molecule has 0 spiro atoms. The molecular formula is C39H33Cl2O10S2-. The third-order valence-electron chi connectivity index (χ3n) is 9.68. The van der Waals surface area contributed by atoms with E-state index in [-0.39, 0.29) is 49.6 Å². The zero-order chi connectivity index (χ0) is 38.3. The third-order valence-corrected chi connectivity index (χ3v) is 12.6. The fraction of sp³-hybridized carbons (Fsp3) is 0.205. The number of aliphatic hydroxyl groups is 1. The minimum Gasteiger partial charge on any atom is -0.744 e. The number of fused-ring (bicyclic) bond motifs is 1. The molecule has 0 bridgehead atoms. The summed E-state index contributed by atoms with van der Waals surface area (Å²) in [5.74, 6) is -0.681. The summed E-state index contributed by atoms with van der Waals surface area (Å²) >= 11 is 11.8. The van der Waals surface area contributed by atoms with Crippen LogP contribution in [0.25, 0.3) is 5.57 Å². The lowest BCUT2D eigenvalue weighted by molar-refractivity contribution is -0.110. The number of phenolic OH excluding ortho intramolecular Hbond substituents is 2. The maximum absolute atomic E-state index is 12.8. The first-order chi connectivity index (χ1) is 25.0. The molecular weight excluding hydrogens is 763 g/mol. The molecule has 0 aromatic heterocycles. The number of rotatable bonds is 5. The Bertz CT molecular complexity index is 2400. The summed E-state index contributed by atoms with van der Waals surface area (Å²) in [6.07, 6.45) is 7.09. The first-order valence-corrected chi connectivity index (χ1v) is 20.0. The van der Waals surface area contributed by atoms with Gasteiger partial charge in [-0.2, -0.15) is 8.42 Å². The van der Waals surface area contributed by atoms with E-state index in [0.29, 0.717) is 47.1 Å². The van der Waals surface area contributed by atoms with Crippen molar-refractivity contribution in [2.75, 3.05) is 0 Å². The van der Waals surface area contributed by atoms with Crippen LogP contribution in [0.15, 0.2) is 125 Å². The van der Waals surface area contributed by atoms with Crippen molar-refractivity contribution >= 4 is 54.8 Å². The first-order valence-electron chi connectivity index (χ1n) is 16.4. The second-order valence-corrected chi connectivity index (χ2v) is 16.7. The SMILES string of the molecule is CC1CC(C2(c3ccc(Cl)c(O)c3)OS(=O)(=O)c3ccccc32)CCC1O.O=C1C=CC(=C(c2ccc(Cl)c(O)c2)c2ccccc2S(=O)(=O)[O-])C=C1. The summed E-state index contributed by atoms with van der Waals surface area (Å²) < 4.78 is 66.6. The summed E-state index contributed by atoms with van der Waals surface area (Å²) in [4.78, 5) is 11.2. The van der Waals surface area contributed by atoms with E-state index in [0.717, 1.165) is 0 Å². The summed E-state index contributed by atoms with van der Waals surface area (Å²) in [5.41, 5.74) is 1.39. The highest BCUT2D eigenvalue weighted by Crippen LogP contribution is 2.55. The van der Waals surface area contributed by atoms with Crippen LogP contribution in [0.2, 0.25) is 10.0 Å². The minimum absolute atomic E-state index is 0.0144. The maximum Gasteiger partial charge on any atom is 0.298 e. The van der Waals surface area contributed by atoms with Crippen molar-refractivity contribution < 1.29 is 45.7 Å². The smallest absolute Gasteiger partial charge is 0.298 e. The fourth-order valence-corrected chi connectivity index (χ4v) is 9.55. The van der Waals surface area contributed by atoms with Gasteiger partial charge in [0.1, 0.15) is 32.1 Å². The lowest BCUT2D eigenvalue weighted by Crippen LogP contribution is -2.42. The standard InChI is InChI=1S/C20H21ClO5S.C19H13ClO5S/c1-12-10-13(7-9-17(12)22)20(14-6-8-16(21)18(23)11-14)15-4-2-3-5-19(15)27(24,25)26-20;20-16-10-7-13(11-17(16)22)19(12-5-8-14(21)9-6-12)15-3-1-2-4-18(15)26(23,24)25/h2-6,8,11-13,17,22-23H,7,9-10H2,1H3;1-11,22H,(H,23,24,25)/p-1. The molecule has 4 aromatic rings. The Morgan fingerprint density at radius 2 is 1.49 bits per heavy atom. The van der Waals surface area contributed by atoms with E-state index in [1.807, 2.05) is 6.92 Å². The van der Waals surface area contributed by atoms with E-state index in [9.17, 15) is 41.5 Å². The van der Waals surface area contributed by atoms with Gasteiger partial charge in [0, 0.05) is 11.1 Å². The molecule has 4 atom stereocenters. The van der Waals surface area contributed by atoms with Crippen molar-refractivity contribution in [2.45, 2.75) is 47.7 Å². The van der Waals surface area contributed by atoms with Gasteiger partial charge >= 0.3 is 0 Å². The average molecular weight is 797 g/mol. The quantitative estimate of drug-likeness (QED) is 0.138. The number of hydrogen-bond donors (Lipinski definition) is 3. The Kier molecular flexibility index (Phi) is 10.8. The summed E-state index contributed by atoms with van der Waals surface area (Å²) in [7, 11) is -8.68. The lowest BCUT2D eigenvalue weighted by atomic mass is 9.67. The number of hydrogen-bond acceptors (Lipinski definition) is 10. The Morgan fingerprint density at radius 1 is 0.868 bits per heavy atom. The van der Waals surface area contributed by atoms with Crippen molar-refractivity contribution in [3.05, 3.63) is 147 Å². The monoisotopic (exact) mass is 795 g/mol. The van der Waals surface area contributed by atoms with Gasteiger partial charge < -0.3 is 19.9 Å². The number of ketones is 1. The highest BCUT2D eigenvalue weighted by atomic mass is 35.5. The van der Waals surface area contributed by atoms with Crippen molar-refractivity contribution in [2.24, 2.45) is 11.8 Å². The van der Waals surface area contributed by atoms with Crippen molar-refractivity contribution in [1.29, 1.82) is 0 Å². The number of carbonyl (C=O) groups is 1. The molecule has 1 heterocycles. The molecule has 1 aliphatic heterocycles. The van der Waals surface area contributed by atoms with Gasteiger partial charge in [-0.05, 0) is 102 Å². The van der Waals surface area contributed by atoms with Crippen LogP contribution in [0.1, 0.15) is 48.4 Å². The van der Waals surface area contributed by atoms with Gasteiger partial charge in [0.05, 0.1) is 21.0 Å². The van der Waals surface area contributed by atoms with Gasteiger partial charge in [0.15, 0.2) is 5.78 Å². The van der Waals surface area contributed by atoms with Crippen LogP contribution in [0.3, 0.4) is 0 Å². The molecule has 10 nitrogen and oxygen atoms in total. The van der Waals surface area contributed by atoms with Crippen LogP contribution in [0.4, 0.5) is 0 Å². The average Bonchev–Trinajstić information content (AvgIpc) is 3.37. The molecule has 1 fully saturated rings. The van der Waals surface area contributed by atoms with Crippen LogP contribution in [0, 0.1) is 11.8 Å². The topological polar surface area (TPSA) is 178 Å². The highest BCUT2D eigenvalue weighted by Gasteiger charge is 2.55. The Balaban J connectivity index is 0.000000182. The first kappa shape index (κ1) is 38.5. The molecule has 1 saturated carbocycles. The zero-order valence-corrected chi connectivity index (χ0v) is 31.2. The number of carbonyl (C=O) groups excluding carboxylic acids is 1. The predicted molar refractivity (Wildman–Crippen MR) is 198 cm³/mol. The molecule has 4 unspecified atom stereocenters. The largest absolute Gasteiger partial charge is 0.744 e. The number of phenols is 2. The number of benzene rings is 4. The van der Waals surface area contributed by atoms with Crippen molar-refractivity contribution in [3.63, 3.8) is 0 Å². The lowest BCUT2D eigenvalue weighted by Gasteiger charge is -2.42. The molecule has 7 rings (SSSR count). The second kappa shape index (κ2) is 14.9. The van der Waals surface area contributed by atoms with E-state index in [1.165, 1.54) is 60.7 Å². The molecule has 3 aliphatic rings. The van der Waals surface area contributed by atoms with Crippen molar-refractivity contribution in [3.8, 4) is 11.5 Å². The van der Waals surface area contributed by atoms with Crippen LogP contribution in [-0.4, -0.2) is 48.6 Å². The van der Waals surface area contributed by atoms with Gasteiger partial charge in [0.25, 0.3) is 10.1 Å². The molecule has 14 heteroatoms. The van der Waals surface area contributed by atoms with E-state index < -0.39 is 36.8 Å². The van der Waals surface area contributed by atoms with Crippen LogP contribution >= 0.6 is 23.2 Å². The zero-order valence-electron chi connectivity index (χ0n) is 28.0. The number of allylic oxidation sites excluding steroid dienone is 5. The number of aliphatic hydroxyl groups excluding tert-OH is 1. The van der Waals surface area contributed by atoms with Crippen molar-refractivity contribution in [1.82, 2.24) is 0 Å². The van der Waals surface area contributed by atoms with E-state index >= 15 is 0 Å². The normalized spacial score (nSPS) is 23.2. The van der Waals surface area contributed by atoms with Gasteiger partial charge in [-0.3, -0.25) is 4.79 Å². The minimum atomic E-state index is -4.74. The predicted octanol–water partition coefficient (Wildman–Crippen LogP) is 7.25. The highest BCUT2D eigenvalue weighted by molar-refractivity contribution is 7.87. The fourth-order valence-electron chi connectivity index (χ4n) is 7.13.